The molecule has 10 heteroatoms. The molecule has 2 heterocycles. The van der Waals surface area contributed by atoms with E-state index in [1.807, 2.05) is 0 Å². The van der Waals surface area contributed by atoms with Crippen LogP contribution in [0.15, 0.2) is 18.3 Å². The number of hydrogen-bond acceptors (Lipinski definition) is 7. The summed E-state index contributed by atoms with van der Waals surface area (Å²) in [6, 6.07) is 3.16. The smallest absolute Gasteiger partial charge is 0.407 e. The first-order chi connectivity index (χ1) is 14.5. The average molecular weight is 423 g/mol. The van der Waals surface area contributed by atoms with Crippen LogP contribution in [0, 0.1) is 5.92 Å². The molecule has 30 heavy (non-hydrogen) atoms. The Balaban J connectivity index is 1.40. The van der Waals surface area contributed by atoms with Crippen LogP contribution < -0.4 is 26.2 Å². The van der Waals surface area contributed by atoms with Crippen molar-refractivity contribution in [3.8, 4) is 5.88 Å². The van der Waals surface area contributed by atoms with Gasteiger partial charge in [0.2, 0.25) is 11.8 Å². The summed E-state index contributed by atoms with van der Waals surface area (Å²) < 4.78 is 23.0. The summed E-state index contributed by atoms with van der Waals surface area (Å²) in [7, 11) is 1.54. The second kappa shape index (κ2) is 10.5. The van der Waals surface area contributed by atoms with Gasteiger partial charge in [-0.15, -0.1) is 0 Å². The van der Waals surface area contributed by atoms with Crippen molar-refractivity contribution in [2.75, 3.05) is 13.8 Å². The van der Waals surface area contributed by atoms with Gasteiger partial charge in [-0.2, -0.15) is 0 Å². The maximum absolute atomic E-state index is 12.5. The van der Waals surface area contributed by atoms with Crippen LogP contribution in [-0.4, -0.2) is 55.1 Å². The van der Waals surface area contributed by atoms with Crippen LogP contribution in [0.5, 0.6) is 5.88 Å². The van der Waals surface area contributed by atoms with Gasteiger partial charge in [0, 0.05) is 18.3 Å². The number of halogens is 1. The summed E-state index contributed by atoms with van der Waals surface area (Å²) in [6.45, 7) is 0.967. The first kappa shape index (κ1) is 22.2. The molecule has 1 aliphatic carbocycles. The van der Waals surface area contributed by atoms with E-state index in [1.54, 1.807) is 25.3 Å². The van der Waals surface area contributed by atoms with Crippen molar-refractivity contribution in [2.45, 2.75) is 63.4 Å². The largest absolute Gasteiger partial charge is 0.481 e. The third kappa shape index (κ3) is 6.27. The number of hydrazine groups is 1. The van der Waals surface area contributed by atoms with Crippen molar-refractivity contribution in [3.05, 3.63) is 23.9 Å². The van der Waals surface area contributed by atoms with E-state index in [4.69, 9.17) is 9.47 Å². The van der Waals surface area contributed by atoms with E-state index >= 15 is 0 Å². The van der Waals surface area contributed by atoms with Crippen molar-refractivity contribution >= 4 is 12.0 Å². The Morgan fingerprint density at radius 3 is 2.93 bits per heavy atom. The minimum absolute atomic E-state index is 0.0884. The summed E-state index contributed by atoms with van der Waals surface area (Å²) in [5, 5.41) is 5.46. The average Bonchev–Trinajstić information content (AvgIpc) is 3.37. The number of aromatic nitrogens is 1. The summed E-state index contributed by atoms with van der Waals surface area (Å²) in [5.74, 6) is 0.724. The van der Waals surface area contributed by atoms with Gasteiger partial charge in [-0.05, 0) is 50.2 Å². The molecule has 166 valence electrons. The predicted octanol–water partition coefficient (Wildman–Crippen LogP) is 1.19. The van der Waals surface area contributed by atoms with Crippen LogP contribution in [0.1, 0.15) is 38.2 Å². The highest BCUT2D eigenvalue weighted by Gasteiger charge is 2.37. The molecule has 4 N–H and O–H groups in total. The number of ether oxygens (including phenoxy) is 2. The van der Waals surface area contributed by atoms with E-state index in [2.05, 4.69) is 26.5 Å². The molecule has 1 saturated carbocycles. The van der Waals surface area contributed by atoms with Crippen LogP contribution >= 0.6 is 0 Å². The molecular weight excluding hydrogens is 393 g/mol. The maximum atomic E-state index is 12.5. The zero-order valence-corrected chi connectivity index (χ0v) is 17.3. The molecule has 1 saturated heterocycles. The van der Waals surface area contributed by atoms with Gasteiger partial charge in [0.1, 0.15) is 12.8 Å². The lowest BCUT2D eigenvalue weighted by molar-refractivity contribution is -0.121. The molecule has 5 atom stereocenters. The van der Waals surface area contributed by atoms with Gasteiger partial charge in [0.15, 0.2) is 0 Å². The monoisotopic (exact) mass is 423 g/mol. The summed E-state index contributed by atoms with van der Waals surface area (Å²) >= 11 is 0. The molecule has 2 unspecified atom stereocenters. The van der Waals surface area contributed by atoms with E-state index in [1.165, 1.54) is 7.11 Å². The highest BCUT2D eigenvalue weighted by Crippen LogP contribution is 2.32. The third-order valence-electron chi connectivity index (χ3n) is 5.50. The van der Waals surface area contributed by atoms with Crippen LogP contribution in [0.3, 0.4) is 0 Å². The Bertz CT molecular complexity index is 737. The lowest BCUT2D eigenvalue weighted by Gasteiger charge is -2.19. The zero-order chi connectivity index (χ0) is 21.5. The second-order valence-corrected chi connectivity index (χ2v) is 7.93. The Kier molecular flexibility index (Phi) is 7.81. The van der Waals surface area contributed by atoms with Gasteiger partial charge >= 0.3 is 6.09 Å². The maximum Gasteiger partial charge on any atom is 0.407 e. The Morgan fingerprint density at radius 2 is 2.17 bits per heavy atom. The van der Waals surface area contributed by atoms with Gasteiger partial charge < -0.3 is 20.1 Å². The Morgan fingerprint density at radius 1 is 1.33 bits per heavy atom. The van der Waals surface area contributed by atoms with Gasteiger partial charge in [-0.25, -0.2) is 19.6 Å². The van der Waals surface area contributed by atoms with E-state index in [9.17, 15) is 14.0 Å². The summed E-state index contributed by atoms with van der Waals surface area (Å²) in [4.78, 5) is 28.2. The number of alkyl carbamates (subject to hydrolysis) is 1. The molecule has 1 aromatic heterocycles. The molecule has 1 aromatic rings. The quantitative estimate of drug-likeness (QED) is 0.497. The van der Waals surface area contributed by atoms with Crippen molar-refractivity contribution in [1.82, 2.24) is 26.5 Å². The lowest BCUT2D eigenvalue weighted by atomic mass is 9.96. The van der Waals surface area contributed by atoms with Crippen molar-refractivity contribution in [3.63, 3.8) is 0 Å². The molecule has 0 radical (unpaired) electrons. The number of nitrogens with one attached hydrogen (secondary N) is 4. The summed E-state index contributed by atoms with van der Waals surface area (Å²) in [5.41, 5.74) is 7.21. The van der Waals surface area contributed by atoms with E-state index in [0.29, 0.717) is 11.8 Å². The topological polar surface area (TPSA) is 114 Å². The third-order valence-corrected chi connectivity index (χ3v) is 5.50. The fourth-order valence-corrected chi connectivity index (χ4v) is 3.96. The minimum Gasteiger partial charge on any atom is -0.481 e. The van der Waals surface area contributed by atoms with Gasteiger partial charge in [0.05, 0.1) is 25.7 Å². The van der Waals surface area contributed by atoms with Crippen molar-refractivity contribution in [1.29, 1.82) is 0 Å². The number of pyridine rings is 1. The molecule has 2 aliphatic rings. The number of nitrogens with zero attached hydrogens (tertiary/aromatic N) is 1. The van der Waals surface area contributed by atoms with Crippen molar-refractivity contribution in [2.24, 2.45) is 5.92 Å². The second-order valence-electron chi connectivity index (χ2n) is 7.93. The number of hydrogen-bond donors (Lipinski definition) is 4. The number of alkyl halides is 1. The first-order valence-electron chi connectivity index (χ1n) is 10.3. The number of carbonyl (C=O) groups excluding carboxylic acids is 2. The van der Waals surface area contributed by atoms with Gasteiger partial charge in [-0.3, -0.25) is 10.2 Å². The van der Waals surface area contributed by atoms with Crippen LogP contribution in [0.25, 0.3) is 0 Å². The van der Waals surface area contributed by atoms with E-state index in [0.717, 1.165) is 31.2 Å². The van der Waals surface area contributed by atoms with Crippen molar-refractivity contribution < 1.29 is 23.5 Å². The predicted molar refractivity (Wildman–Crippen MR) is 107 cm³/mol. The Hall–Kier alpha value is -2.46. The van der Waals surface area contributed by atoms with Crippen LogP contribution in [0.2, 0.25) is 0 Å². The highest BCUT2D eigenvalue weighted by atomic mass is 19.1. The molecule has 0 aromatic carbocycles. The summed E-state index contributed by atoms with van der Waals surface area (Å²) in [6.07, 6.45) is 4.15. The van der Waals surface area contributed by atoms with E-state index < -0.39 is 18.8 Å². The van der Waals surface area contributed by atoms with Crippen LogP contribution in [0.4, 0.5) is 9.18 Å². The Labute approximate surface area is 175 Å². The molecule has 3 rings (SSSR count). The lowest BCUT2D eigenvalue weighted by Crippen LogP contribution is -2.45. The first-order valence-corrected chi connectivity index (χ1v) is 10.3. The SMILES string of the molecule is COc1cc(CC(=O)NC2CC([C@H]3CC[C@@H](OC(=O)N[C@@H](C)CF)C3)NN2)ccn1. The molecule has 1 aliphatic heterocycles. The highest BCUT2D eigenvalue weighted by molar-refractivity contribution is 5.78. The fraction of sp³-hybridized carbons (Fsp3) is 0.650. The molecule has 0 spiro atoms. The molecule has 9 nitrogen and oxygen atoms in total. The van der Waals surface area contributed by atoms with Gasteiger partial charge in [0.25, 0.3) is 0 Å². The number of rotatable bonds is 8. The number of amides is 2. The van der Waals surface area contributed by atoms with Crippen LogP contribution in [-0.2, 0) is 16.0 Å². The minimum atomic E-state index is -0.623. The normalized spacial score (nSPS) is 26.8. The number of methoxy groups -OCH3 is 1. The van der Waals surface area contributed by atoms with E-state index in [-0.39, 0.29) is 30.6 Å². The molecule has 2 amide bonds. The molecule has 2 fully saturated rings. The molecule has 0 bridgehead atoms. The standard InChI is InChI=1S/C20H30FN5O4/c1-12(11-21)23-20(28)30-15-4-3-14(9-15)16-10-17(26-25-16)24-18(27)7-13-5-6-22-19(8-13)29-2/h5-6,8,12,14-17,25-26H,3-4,7,9-11H2,1-2H3,(H,23,28)(H,24,27)/t12-,14-,15+,16?,17?/m0/s1. The fourth-order valence-electron chi connectivity index (χ4n) is 3.96. The van der Waals surface area contributed by atoms with Gasteiger partial charge in [-0.1, -0.05) is 0 Å². The zero-order valence-electron chi connectivity index (χ0n) is 17.3. The number of carbonyl (C=O) groups is 2. The molecular formula is C20H30FN5O4.